The van der Waals surface area contributed by atoms with Gasteiger partial charge in [0.1, 0.15) is 24.0 Å². The predicted molar refractivity (Wildman–Crippen MR) is 121 cm³/mol. The lowest BCUT2D eigenvalue weighted by Gasteiger charge is -2.22. The molecule has 0 heterocycles. The van der Waals surface area contributed by atoms with Gasteiger partial charge in [-0.15, -0.1) is 0 Å². The Morgan fingerprint density at radius 1 is 1.21 bits per heavy atom. The van der Waals surface area contributed by atoms with E-state index >= 15 is 0 Å². The molecule has 1 amide bonds. The van der Waals surface area contributed by atoms with Gasteiger partial charge in [0, 0.05) is 41.0 Å². The van der Waals surface area contributed by atoms with Crippen molar-refractivity contribution >= 4 is 40.3 Å². The monoisotopic (exact) mass is 489 g/mol. The van der Waals surface area contributed by atoms with Crippen LogP contribution in [0.1, 0.15) is 25.0 Å². The number of anilines is 1. The Morgan fingerprint density at radius 2 is 1.89 bits per heavy atom. The van der Waals surface area contributed by atoms with Gasteiger partial charge in [0.05, 0.1) is 0 Å². The molecule has 0 spiro atoms. The highest BCUT2D eigenvalue weighted by atomic mass is 127. The number of nitrogens with one attached hydrogen (secondary N) is 1. The Labute approximate surface area is 180 Å². The molecule has 0 fully saturated rings. The quantitative estimate of drug-likeness (QED) is 0.340. The van der Waals surface area contributed by atoms with Crippen molar-refractivity contribution in [3.05, 3.63) is 62.7 Å². The second kappa shape index (κ2) is 10.7. The van der Waals surface area contributed by atoms with E-state index < -0.39 is 5.91 Å². The standard InChI is InChI=1S/C22H24IN3O2/c1-4-26(5-2)20-11-8-17(12-18(14-24)22(27)25-3)21(13-20)28-15-16-6-9-19(23)10-7-16/h6-13H,4-5,15H2,1-3H3,(H,25,27)/b18-12+. The molecule has 6 heteroatoms. The number of hydrogen-bond acceptors (Lipinski definition) is 4. The fraction of sp³-hybridized carbons (Fsp3) is 0.273. The highest BCUT2D eigenvalue weighted by Gasteiger charge is 2.12. The zero-order valence-corrected chi connectivity index (χ0v) is 18.5. The van der Waals surface area contributed by atoms with Crippen LogP contribution < -0.4 is 15.0 Å². The molecule has 2 rings (SSSR count). The van der Waals surface area contributed by atoms with Gasteiger partial charge in [0.25, 0.3) is 5.91 Å². The molecule has 0 radical (unpaired) electrons. The lowest BCUT2D eigenvalue weighted by Crippen LogP contribution is -2.21. The lowest BCUT2D eigenvalue weighted by atomic mass is 10.1. The maximum absolute atomic E-state index is 11.9. The number of likely N-dealkylation sites (N-methyl/N-ethyl adjacent to an activating group) is 1. The molecule has 0 atom stereocenters. The molecule has 0 aliphatic rings. The van der Waals surface area contributed by atoms with Crippen molar-refractivity contribution in [3.8, 4) is 11.8 Å². The normalized spacial score (nSPS) is 10.9. The third-order valence-electron chi connectivity index (χ3n) is 4.33. The summed E-state index contributed by atoms with van der Waals surface area (Å²) in [4.78, 5) is 14.1. The van der Waals surface area contributed by atoms with Crippen LogP contribution in [0.5, 0.6) is 5.75 Å². The van der Waals surface area contributed by atoms with Crippen LogP contribution in [0.25, 0.3) is 6.08 Å². The van der Waals surface area contributed by atoms with Gasteiger partial charge in [-0.25, -0.2) is 0 Å². The Kier molecular flexibility index (Phi) is 8.33. The summed E-state index contributed by atoms with van der Waals surface area (Å²) in [6.45, 7) is 6.36. The first-order valence-electron chi connectivity index (χ1n) is 9.12. The number of benzene rings is 2. The van der Waals surface area contributed by atoms with Crippen molar-refractivity contribution in [2.75, 3.05) is 25.0 Å². The molecule has 28 heavy (non-hydrogen) atoms. The van der Waals surface area contributed by atoms with Crippen molar-refractivity contribution in [3.63, 3.8) is 0 Å². The topological polar surface area (TPSA) is 65.4 Å². The largest absolute Gasteiger partial charge is 0.488 e. The second-order valence-corrected chi connectivity index (χ2v) is 7.30. The van der Waals surface area contributed by atoms with Crippen molar-refractivity contribution in [2.45, 2.75) is 20.5 Å². The molecule has 2 aromatic carbocycles. The fourth-order valence-electron chi connectivity index (χ4n) is 2.73. The van der Waals surface area contributed by atoms with E-state index in [0.29, 0.717) is 17.9 Å². The fourth-order valence-corrected chi connectivity index (χ4v) is 3.09. The number of nitriles is 1. The van der Waals surface area contributed by atoms with Crippen molar-refractivity contribution < 1.29 is 9.53 Å². The molecule has 5 nitrogen and oxygen atoms in total. The molecule has 0 aromatic heterocycles. The van der Waals surface area contributed by atoms with E-state index in [4.69, 9.17) is 4.74 Å². The SMILES string of the molecule is CCN(CC)c1ccc(/C=C(\C#N)C(=O)NC)c(OCc2ccc(I)cc2)c1. The number of hydrogen-bond donors (Lipinski definition) is 1. The van der Waals surface area contributed by atoms with Gasteiger partial charge >= 0.3 is 0 Å². The molecule has 146 valence electrons. The first kappa shape index (κ1) is 21.8. The molecule has 2 aromatic rings. The number of ether oxygens (including phenoxy) is 1. The van der Waals surface area contributed by atoms with Gasteiger partial charge in [0.15, 0.2) is 0 Å². The molecule has 0 bridgehead atoms. The van der Waals surface area contributed by atoms with Crippen LogP contribution in [0.15, 0.2) is 48.0 Å². The predicted octanol–water partition coefficient (Wildman–Crippen LogP) is 4.37. The zero-order valence-electron chi connectivity index (χ0n) is 16.3. The summed E-state index contributed by atoms with van der Waals surface area (Å²) in [5.41, 5.74) is 2.83. The van der Waals surface area contributed by atoms with Crippen LogP contribution in [0.2, 0.25) is 0 Å². The summed E-state index contributed by atoms with van der Waals surface area (Å²) in [7, 11) is 1.51. The lowest BCUT2D eigenvalue weighted by molar-refractivity contribution is -0.116. The van der Waals surface area contributed by atoms with Crippen LogP contribution in [-0.2, 0) is 11.4 Å². The number of amides is 1. The van der Waals surface area contributed by atoms with E-state index in [-0.39, 0.29) is 5.57 Å². The average Bonchev–Trinajstić information content (AvgIpc) is 2.72. The van der Waals surface area contributed by atoms with Gasteiger partial charge in [-0.2, -0.15) is 5.26 Å². The first-order valence-corrected chi connectivity index (χ1v) is 10.2. The third-order valence-corrected chi connectivity index (χ3v) is 5.04. The smallest absolute Gasteiger partial charge is 0.261 e. The van der Waals surface area contributed by atoms with E-state index in [2.05, 4.69) is 46.7 Å². The minimum Gasteiger partial charge on any atom is -0.488 e. The van der Waals surface area contributed by atoms with Crippen LogP contribution in [-0.4, -0.2) is 26.0 Å². The van der Waals surface area contributed by atoms with Crippen molar-refractivity contribution in [1.82, 2.24) is 5.32 Å². The molecule has 0 unspecified atom stereocenters. The number of rotatable bonds is 8. The highest BCUT2D eigenvalue weighted by molar-refractivity contribution is 14.1. The van der Waals surface area contributed by atoms with E-state index in [1.807, 2.05) is 48.5 Å². The van der Waals surface area contributed by atoms with Gasteiger partial charge in [-0.1, -0.05) is 12.1 Å². The number of halogens is 1. The summed E-state index contributed by atoms with van der Waals surface area (Å²) >= 11 is 2.27. The van der Waals surface area contributed by atoms with Crippen LogP contribution >= 0.6 is 22.6 Å². The summed E-state index contributed by atoms with van der Waals surface area (Å²) in [5.74, 6) is 0.221. The van der Waals surface area contributed by atoms with E-state index in [1.165, 1.54) is 7.05 Å². The first-order chi connectivity index (χ1) is 13.5. The molecule has 0 saturated heterocycles. The molecule has 1 N–H and O–H groups in total. The van der Waals surface area contributed by atoms with E-state index in [0.717, 1.165) is 27.9 Å². The molecule has 0 aliphatic heterocycles. The van der Waals surface area contributed by atoms with E-state index in [1.54, 1.807) is 6.08 Å². The minimum atomic E-state index is -0.418. The minimum absolute atomic E-state index is 0.0391. The summed E-state index contributed by atoms with van der Waals surface area (Å²) in [6, 6.07) is 15.9. The third kappa shape index (κ3) is 5.73. The summed E-state index contributed by atoms with van der Waals surface area (Å²) in [5, 5.41) is 11.8. The Bertz CT molecular complexity index is 882. The van der Waals surface area contributed by atoms with Gasteiger partial charge < -0.3 is 15.0 Å². The van der Waals surface area contributed by atoms with Gasteiger partial charge in [-0.3, -0.25) is 4.79 Å². The summed E-state index contributed by atoms with van der Waals surface area (Å²) < 4.78 is 7.25. The second-order valence-electron chi connectivity index (χ2n) is 6.06. The average molecular weight is 489 g/mol. The van der Waals surface area contributed by atoms with Crippen LogP contribution in [0.3, 0.4) is 0 Å². The Balaban J connectivity index is 2.40. The maximum atomic E-state index is 11.9. The highest BCUT2D eigenvalue weighted by Crippen LogP contribution is 2.29. The number of nitrogens with zero attached hydrogens (tertiary/aromatic N) is 2. The van der Waals surface area contributed by atoms with Gasteiger partial charge in [-0.05, 0) is 72.3 Å². The maximum Gasteiger partial charge on any atom is 0.261 e. The van der Waals surface area contributed by atoms with Crippen molar-refractivity contribution in [1.29, 1.82) is 5.26 Å². The Morgan fingerprint density at radius 3 is 2.46 bits per heavy atom. The summed E-state index contributed by atoms with van der Waals surface area (Å²) in [6.07, 6.45) is 1.56. The molecule has 0 aliphatic carbocycles. The van der Waals surface area contributed by atoms with E-state index in [9.17, 15) is 10.1 Å². The Hall–Kier alpha value is -2.53. The van der Waals surface area contributed by atoms with Crippen LogP contribution in [0.4, 0.5) is 5.69 Å². The van der Waals surface area contributed by atoms with Crippen molar-refractivity contribution in [2.24, 2.45) is 0 Å². The van der Waals surface area contributed by atoms with Gasteiger partial charge in [0.2, 0.25) is 0 Å². The number of carbonyl (C=O) groups is 1. The molecule has 0 saturated carbocycles. The molecular weight excluding hydrogens is 465 g/mol. The molecular formula is C22H24IN3O2. The number of carbonyl (C=O) groups excluding carboxylic acids is 1. The van der Waals surface area contributed by atoms with Crippen LogP contribution in [0, 0.1) is 14.9 Å². The zero-order chi connectivity index (χ0) is 20.5.